The van der Waals surface area contributed by atoms with Crippen molar-refractivity contribution in [2.45, 2.75) is 17.5 Å². The van der Waals surface area contributed by atoms with E-state index in [4.69, 9.17) is 44.3 Å². The average molecular weight is 559 g/mol. The number of imidazole rings is 1. The number of methoxy groups -OCH3 is 2. The normalized spacial score (nSPS) is 16.6. The lowest BCUT2D eigenvalue weighted by atomic mass is 9.88. The van der Waals surface area contributed by atoms with Crippen molar-refractivity contribution in [1.82, 2.24) is 13.7 Å². The zero-order chi connectivity index (χ0) is 24.2. The summed E-state index contributed by atoms with van der Waals surface area (Å²) in [6.45, 7) is 0.189. The molecule has 178 valence electrons. The maximum Gasteiger partial charge on any atom is 0.263 e. The van der Waals surface area contributed by atoms with Gasteiger partial charge in [-0.3, -0.25) is 4.40 Å². The van der Waals surface area contributed by atoms with E-state index in [9.17, 15) is 8.42 Å². The van der Waals surface area contributed by atoms with Gasteiger partial charge in [-0.15, -0.1) is 11.3 Å². The molecular weight excluding hydrogens is 541 g/mol. The maximum absolute atomic E-state index is 14.1. The molecule has 0 aliphatic carbocycles. The number of benzene rings is 2. The summed E-state index contributed by atoms with van der Waals surface area (Å²) in [6.07, 6.45) is 2.08. The standard InChI is InChI=1S/C22H18Cl3N3O4S2/c1-31-16-9-12-3-4-28(34(29,30)21-20(25)26-22-27(21)5-6-33-22)19(18(12)17(11-16)32-2)13-7-14(23)10-15(24)8-13/h5-11,19H,3-4H2,1-2H3. The first kappa shape index (κ1) is 23.7. The molecule has 0 spiro atoms. The quantitative estimate of drug-likeness (QED) is 0.314. The van der Waals surface area contributed by atoms with E-state index in [0.29, 0.717) is 44.1 Å². The Bertz CT molecular complexity index is 1480. The minimum absolute atomic E-state index is 0.0813. The molecule has 7 nitrogen and oxygen atoms in total. The number of thiazole rings is 1. The van der Waals surface area contributed by atoms with Crippen LogP contribution in [-0.2, 0) is 16.4 Å². The van der Waals surface area contributed by atoms with Gasteiger partial charge < -0.3 is 9.47 Å². The molecule has 0 amide bonds. The third-order valence-corrected chi connectivity index (χ3v) is 9.21. The molecule has 1 unspecified atom stereocenters. The van der Waals surface area contributed by atoms with E-state index in [1.165, 1.54) is 27.2 Å². The van der Waals surface area contributed by atoms with Crippen LogP contribution in [0, 0.1) is 0 Å². The van der Waals surface area contributed by atoms with Gasteiger partial charge in [0.1, 0.15) is 11.5 Å². The van der Waals surface area contributed by atoms with E-state index in [-0.39, 0.29) is 16.7 Å². The number of fused-ring (bicyclic) bond motifs is 2. The van der Waals surface area contributed by atoms with Crippen LogP contribution in [0.5, 0.6) is 11.5 Å². The summed E-state index contributed by atoms with van der Waals surface area (Å²) in [5, 5.41) is 2.37. The van der Waals surface area contributed by atoms with Gasteiger partial charge in [0.05, 0.1) is 20.3 Å². The van der Waals surface area contributed by atoms with Crippen molar-refractivity contribution >= 4 is 61.1 Å². The van der Waals surface area contributed by atoms with Crippen molar-refractivity contribution in [2.75, 3.05) is 20.8 Å². The zero-order valence-corrected chi connectivity index (χ0v) is 21.9. The summed E-state index contributed by atoms with van der Waals surface area (Å²) >= 11 is 20.3. The molecule has 0 bridgehead atoms. The molecule has 1 aliphatic heterocycles. The van der Waals surface area contributed by atoms with Crippen LogP contribution in [0.3, 0.4) is 0 Å². The van der Waals surface area contributed by atoms with Crippen molar-refractivity contribution in [3.05, 3.63) is 73.8 Å². The molecular formula is C22H18Cl3N3O4S2. The third kappa shape index (κ3) is 3.84. The van der Waals surface area contributed by atoms with Crippen molar-refractivity contribution in [2.24, 2.45) is 0 Å². The van der Waals surface area contributed by atoms with Gasteiger partial charge in [0.15, 0.2) is 15.1 Å². The van der Waals surface area contributed by atoms with Crippen LogP contribution < -0.4 is 9.47 Å². The monoisotopic (exact) mass is 557 g/mol. The molecule has 2 aromatic carbocycles. The number of sulfonamides is 1. The van der Waals surface area contributed by atoms with Gasteiger partial charge in [-0.25, -0.2) is 13.4 Å². The molecule has 2 aromatic heterocycles. The predicted octanol–water partition coefficient (Wildman–Crippen LogP) is 5.71. The summed E-state index contributed by atoms with van der Waals surface area (Å²) in [7, 11) is -1.01. The van der Waals surface area contributed by atoms with E-state index >= 15 is 0 Å². The van der Waals surface area contributed by atoms with Crippen LogP contribution in [0.2, 0.25) is 15.2 Å². The van der Waals surface area contributed by atoms with E-state index in [1.807, 2.05) is 6.07 Å². The first-order chi connectivity index (χ1) is 16.2. The Labute approximate surface area is 215 Å². The van der Waals surface area contributed by atoms with Crippen LogP contribution >= 0.6 is 46.1 Å². The topological polar surface area (TPSA) is 73.1 Å². The molecule has 1 atom stereocenters. The summed E-state index contributed by atoms with van der Waals surface area (Å²) in [5.41, 5.74) is 2.20. The lowest BCUT2D eigenvalue weighted by Gasteiger charge is -2.37. The van der Waals surface area contributed by atoms with Gasteiger partial charge in [-0.1, -0.05) is 34.8 Å². The Kier molecular flexibility index (Phi) is 6.20. The Morgan fingerprint density at radius 1 is 1.06 bits per heavy atom. The SMILES string of the molecule is COc1cc2c(c(OC)c1)C(c1cc(Cl)cc(Cl)c1)N(S(=O)(=O)c1c(Cl)nc3sccn13)CC2. The number of halogens is 3. The number of aromatic nitrogens is 2. The van der Waals surface area contributed by atoms with Crippen molar-refractivity contribution in [3.63, 3.8) is 0 Å². The number of hydrogen-bond donors (Lipinski definition) is 0. The van der Waals surface area contributed by atoms with Crippen LogP contribution in [0.25, 0.3) is 4.96 Å². The van der Waals surface area contributed by atoms with Crippen molar-refractivity contribution in [1.29, 1.82) is 0 Å². The Hall–Kier alpha value is -2.01. The molecule has 0 N–H and O–H groups in total. The second-order valence-corrected chi connectivity index (χ2v) is 11.5. The van der Waals surface area contributed by atoms with E-state index < -0.39 is 16.1 Å². The highest BCUT2D eigenvalue weighted by atomic mass is 35.5. The van der Waals surface area contributed by atoms with Crippen molar-refractivity contribution < 1.29 is 17.9 Å². The van der Waals surface area contributed by atoms with Crippen LogP contribution in [0.1, 0.15) is 22.7 Å². The minimum Gasteiger partial charge on any atom is -0.497 e. The van der Waals surface area contributed by atoms with Gasteiger partial charge in [0, 0.05) is 39.8 Å². The fraction of sp³-hybridized carbons (Fsp3) is 0.227. The maximum atomic E-state index is 14.1. The van der Waals surface area contributed by atoms with Crippen LogP contribution in [0.4, 0.5) is 0 Å². The number of rotatable bonds is 5. The zero-order valence-electron chi connectivity index (χ0n) is 18.0. The number of ether oxygens (including phenoxy) is 2. The lowest BCUT2D eigenvalue weighted by Crippen LogP contribution is -2.41. The Morgan fingerprint density at radius 2 is 1.79 bits per heavy atom. The van der Waals surface area contributed by atoms with Crippen LogP contribution in [-0.4, -0.2) is 42.9 Å². The third-order valence-electron chi connectivity index (χ3n) is 5.75. The highest BCUT2D eigenvalue weighted by molar-refractivity contribution is 7.89. The second-order valence-electron chi connectivity index (χ2n) is 7.64. The van der Waals surface area contributed by atoms with Gasteiger partial charge in [0.25, 0.3) is 10.0 Å². The summed E-state index contributed by atoms with van der Waals surface area (Å²) in [4.78, 5) is 4.71. The van der Waals surface area contributed by atoms with Gasteiger partial charge >= 0.3 is 0 Å². The highest BCUT2D eigenvalue weighted by Gasteiger charge is 2.42. The smallest absolute Gasteiger partial charge is 0.263 e. The summed E-state index contributed by atoms with van der Waals surface area (Å²) in [5.74, 6) is 1.11. The highest BCUT2D eigenvalue weighted by Crippen LogP contribution is 2.46. The molecule has 0 fully saturated rings. The fourth-order valence-electron chi connectivity index (χ4n) is 4.37. The first-order valence-electron chi connectivity index (χ1n) is 10.1. The molecule has 0 saturated heterocycles. The predicted molar refractivity (Wildman–Crippen MR) is 134 cm³/mol. The molecule has 5 rings (SSSR count). The summed E-state index contributed by atoms with van der Waals surface area (Å²) < 4.78 is 42.3. The molecule has 1 aliphatic rings. The molecule has 34 heavy (non-hydrogen) atoms. The van der Waals surface area contributed by atoms with E-state index in [2.05, 4.69) is 4.98 Å². The van der Waals surface area contributed by atoms with Gasteiger partial charge in [0.2, 0.25) is 0 Å². The lowest BCUT2D eigenvalue weighted by molar-refractivity contribution is 0.323. The number of hydrogen-bond acceptors (Lipinski definition) is 6. The molecule has 3 heterocycles. The molecule has 4 aromatic rings. The first-order valence-corrected chi connectivity index (χ1v) is 13.5. The molecule has 12 heteroatoms. The van der Waals surface area contributed by atoms with E-state index in [0.717, 1.165) is 5.56 Å². The van der Waals surface area contributed by atoms with Crippen molar-refractivity contribution in [3.8, 4) is 11.5 Å². The largest absolute Gasteiger partial charge is 0.497 e. The Morgan fingerprint density at radius 3 is 2.47 bits per heavy atom. The molecule has 0 radical (unpaired) electrons. The minimum atomic E-state index is -4.12. The van der Waals surface area contributed by atoms with Crippen LogP contribution in [0.15, 0.2) is 46.9 Å². The molecule has 0 saturated carbocycles. The number of nitrogens with zero attached hydrogens (tertiary/aromatic N) is 3. The van der Waals surface area contributed by atoms with E-state index in [1.54, 1.807) is 43.0 Å². The Balaban J connectivity index is 1.78. The second kappa shape index (κ2) is 8.89. The van der Waals surface area contributed by atoms with Gasteiger partial charge in [-0.2, -0.15) is 4.31 Å². The summed E-state index contributed by atoms with van der Waals surface area (Å²) in [6, 6.07) is 7.87. The average Bonchev–Trinajstić information content (AvgIpc) is 3.36. The fourth-order valence-corrected chi connectivity index (χ4v) is 7.91. The van der Waals surface area contributed by atoms with Gasteiger partial charge in [-0.05, 0) is 41.8 Å².